The number of aromatic amines is 1. The Morgan fingerprint density at radius 2 is 1.83 bits per heavy atom. The number of nitrogens with zero attached hydrogens (tertiary/aromatic N) is 2. The quantitative estimate of drug-likeness (QED) is 0.421. The summed E-state index contributed by atoms with van der Waals surface area (Å²) in [5.41, 5.74) is 9.31. The van der Waals surface area contributed by atoms with Crippen LogP contribution in [0.15, 0.2) is 72.1 Å². The molecule has 30 heavy (non-hydrogen) atoms. The molecule has 1 aromatic heterocycles. The molecule has 1 atom stereocenters. The summed E-state index contributed by atoms with van der Waals surface area (Å²) in [5, 5.41) is 20.2. The van der Waals surface area contributed by atoms with E-state index in [1.54, 1.807) is 12.1 Å². The van der Waals surface area contributed by atoms with E-state index in [9.17, 15) is 5.26 Å². The van der Waals surface area contributed by atoms with Crippen molar-refractivity contribution in [1.82, 2.24) is 10.2 Å². The Hall–Kier alpha value is -3.46. The Balaban J connectivity index is 1.76. The van der Waals surface area contributed by atoms with Gasteiger partial charge in [-0.05, 0) is 28.5 Å². The Morgan fingerprint density at radius 1 is 1.03 bits per heavy atom. The van der Waals surface area contributed by atoms with E-state index in [-0.39, 0.29) is 11.5 Å². The number of halogens is 2. The largest absolute Gasteiger partial charge is 0.420 e. The van der Waals surface area contributed by atoms with E-state index >= 15 is 0 Å². The van der Waals surface area contributed by atoms with Crippen LogP contribution in [0.1, 0.15) is 17.0 Å². The van der Waals surface area contributed by atoms with Gasteiger partial charge in [-0.3, -0.25) is 5.10 Å². The summed E-state index contributed by atoms with van der Waals surface area (Å²) < 4.78 is 5.66. The summed E-state index contributed by atoms with van der Waals surface area (Å²) in [5.74, 6) is -0.247. The molecule has 2 heterocycles. The second-order valence-electron chi connectivity index (χ2n) is 6.95. The van der Waals surface area contributed by atoms with E-state index in [1.807, 2.05) is 36.4 Å². The number of H-pyrrole nitrogens is 1. The number of rotatable bonds is 2. The van der Waals surface area contributed by atoms with E-state index < -0.39 is 5.92 Å². The maximum Gasteiger partial charge on any atom is 0.244 e. The van der Waals surface area contributed by atoms with Crippen molar-refractivity contribution in [2.75, 3.05) is 0 Å². The second-order valence-corrected chi connectivity index (χ2v) is 7.73. The molecule has 0 saturated carbocycles. The highest BCUT2D eigenvalue weighted by Crippen LogP contribution is 2.48. The van der Waals surface area contributed by atoms with Crippen LogP contribution in [0.4, 0.5) is 0 Å². The van der Waals surface area contributed by atoms with Crippen molar-refractivity contribution in [3.05, 3.63) is 93.3 Å². The molecule has 1 aliphatic heterocycles. The molecule has 0 radical (unpaired) electrons. The fourth-order valence-electron chi connectivity index (χ4n) is 3.86. The molecule has 0 bridgehead atoms. The highest BCUT2D eigenvalue weighted by atomic mass is 35.5. The number of nitriles is 1. The maximum absolute atomic E-state index is 9.84. The lowest BCUT2D eigenvalue weighted by Gasteiger charge is -2.25. The molecule has 3 N–H and O–H groups in total. The van der Waals surface area contributed by atoms with Gasteiger partial charge in [-0.2, -0.15) is 5.26 Å². The smallest absolute Gasteiger partial charge is 0.244 e. The Kier molecular flexibility index (Phi) is 4.39. The zero-order valence-electron chi connectivity index (χ0n) is 15.5. The van der Waals surface area contributed by atoms with Gasteiger partial charge >= 0.3 is 0 Å². The van der Waals surface area contributed by atoms with Gasteiger partial charge in [-0.25, -0.2) is 0 Å². The van der Waals surface area contributed by atoms with E-state index in [1.165, 1.54) is 0 Å². The minimum absolute atomic E-state index is 0.00241. The number of nitrogens with one attached hydrogen (secondary N) is 1. The van der Waals surface area contributed by atoms with Crippen LogP contribution >= 0.6 is 23.2 Å². The molecule has 0 saturated heterocycles. The van der Waals surface area contributed by atoms with Crippen LogP contribution in [-0.4, -0.2) is 10.2 Å². The van der Waals surface area contributed by atoms with Crippen molar-refractivity contribution in [1.29, 1.82) is 5.26 Å². The van der Waals surface area contributed by atoms with Crippen molar-refractivity contribution in [2.45, 2.75) is 5.92 Å². The third-order valence-corrected chi connectivity index (χ3v) is 6.10. The topological polar surface area (TPSA) is 87.7 Å². The molecule has 0 unspecified atom stereocenters. The molecule has 1 aliphatic rings. The Bertz CT molecular complexity index is 1380. The van der Waals surface area contributed by atoms with Crippen molar-refractivity contribution >= 4 is 34.0 Å². The lowest BCUT2D eigenvalue weighted by Crippen LogP contribution is -2.21. The minimum atomic E-state index is -0.565. The molecule has 0 amide bonds. The number of hydrogen-bond acceptors (Lipinski definition) is 4. The summed E-state index contributed by atoms with van der Waals surface area (Å²) in [7, 11) is 0. The summed E-state index contributed by atoms with van der Waals surface area (Å²) in [6, 6.07) is 21.7. The molecule has 0 fully saturated rings. The minimum Gasteiger partial charge on any atom is -0.420 e. The fraction of sp³-hybridized carbons (Fsp3) is 0.0435. The van der Waals surface area contributed by atoms with E-state index in [2.05, 4.69) is 28.4 Å². The van der Waals surface area contributed by atoms with Gasteiger partial charge in [0.1, 0.15) is 11.6 Å². The zero-order chi connectivity index (χ0) is 20.8. The van der Waals surface area contributed by atoms with E-state index in [0.29, 0.717) is 27.1 Å². The number of hydrogen-bond donors (Lipinski definition) is 2. The monoisotopic (exact) mass is 432 g/mol. The van der Waals surface area contributed by atoms with Crippen LogP contribution in [0.25, 0.3) is 22.0 Å². The predicted octanol–water partition coefficient (Wildman–Crippen LogP) is 5.75. The van der Waals surface area contributed by atoms with Gasteiger partial charge in [0.05, 0.1) is 27.2 Å². The highest BCUT2D eigenvalue weighted by Gasteiger charge is 2.36. The number of aromatic nitrogens is 2. The third kappa shape index (κ3) is 2.81. The van der Waals surface area contributed by atoms with E-state index in [4.69, 9.17) is 33.7 Å². The van der Waals surface area contributed by atoms with Crippen molar-refractivity contribution < 1.29 is 4.74 Å². The van der Waals surface area contributed by atoms with Crippen LogP contribution in [0.3, 0.4) is 0 Å². The number of nitrogens with two attached hydrogens (primary N) is 1. The van der Waals surface area contributed by atoms with Gasteiger partial charge in [0, 0.05) is 5.56 Å². The Morgan fingerprint density at radius 3 is 2.63 bits per heavy atom. The summed E-state index contributed by atoms with van der Waals surface area (Å²) >= 11 is 12.8. The summed E-state index contributed by atoms with van der Waals surface area (Å²) in [6.45, 7) is 0. The van der Waals surface area contributed by atoms with E-state index in [0.717, 1.165) is 22.0 Å². The predicted molar refractivity (Wildman–Crippen MR) is 117 cm³/mol. The molecule has 146 valence electrons. The van der Waals surface area contributed by atoms with Crippen LogP contribution < -0.4 is 10.5 Å². The lowest BCUT2D eigenvalue weighted by atomic mass is 9.83. The first-order valence-corrected chi connectivity index (χ1v) is 9.93. The molecular formula is C23H14Cl2N4O. The standard InChI is InChI=1S/C23H14Cl2N4O/c24-17-7-3-6-15(20(17)25)18-16(11-26)22(27)30-23-19(18)21(28-29-23)14-9-8-12-4-1-2-5-13(12)10-14/h1-10,18H,27H2,(H,28,29)/t18-/m1/s1. The van der Waals surface area contributed by atoms with Gasteiger partial charge in [-0.15, -0.1) is 5.10 Å². The lowest BCUT2D eigenvalue weighted by molar-refractivity contribution is 0.379. The summed E-state index contributed by atoms with van der Waals surface area (Å²) in [6.07, 6.45) is 0. The molecule has 7 heteroatoms. The second kappa shape index (κ2) is 7.10. The van der Waals surface area contributed by atoms with Crippen LogP contribution in [0.2, 0.25) is 10.0 Å². The van der Waals surface area contributed by atoms with Crippen LogP contribution in [0.5, 0.6) is 5.88 Å². The first kappa shape index (κ1) is 18.6. The molecular weight excluding hydrogens is 419 g/mol. The maximum atomic E-state index is 9.84. The molecule has 0 aliphatic carbocycles. The number of allylic oxidation sites excluding steroid dienone is 1. The Labute approximate surface area is 182 Å². The van der Waals surface area contributed by atoms with Gasteiger partial charge < -0.3 is 10.5 Å². The number of ether oxygens (including phenoxy) is 1. The zero-order valence-corrected chi connectivity index (χ0v) is 17.0. The molecule has 4 aromatic rings. The average Bonchev–Trinajstić information content (AvgIpc) is 3.18. The molecule has 0 spiro atoms. The van der Waals surface area contributed by atoms with Crippen LogP contribution in [0, 0.1) is 11.3 Å². The van der Waals surface area contributed by atoms with Crippen molar-refractivity contribution in [3.63, 3.8) is 0 Å². The molecule has 5 rings (SSSR count). The van der Waals surface area contributed by atoms with Gasteiger partial charge in [-0.1, -0.05) is 71.7 Å². The number of benzene rings is 3. The van der Waals surface area contributed by atoms with Gasteiger partial charge in [0.25, 0.3) is 0 Å². The average molecular weight is 433 g/mol. The van der Waals surface area contributed by atoms with Gasteiger partial charge in [0.15, 0.2) is 0 Å². The van der Waals surface area contributed by atoms with Crippen molar-refractivity contribution in [3.8, 4) is 23.2 Å². The third-order valence-electron chi connectivity index (χ3n) is 5.27. The number of fused-ring (bicyclic) bond motifs is 2. The summed E-state index contributed by atoms with van der Waals surface area (Å²) in [4.78, 5) is 0. The first-order chi connectivity index (χ1) is 14.6. The van der Waals surface area contributed by atoms with Gasteiger partial charge in [0.2, 0.25) is 11.8 Å². The SMILES string of the molecule is N#CC1=C(N)Oc2n[nH]c(-c3ccc4ccccc4c3)c2[C@@H]1c1cccc(Cl)c1Cl. The fourth-order valence-corrected chi connectivity index (χ4v) is 4.28. The normalized spacial score (nSPS) is 15.6. The molecule has 3 aromatic carbocycles. The first-order valence-electron chi connectivity index (χ1n) is 9.17. The van der Waals surface area contributed by atoms with Crippen LogP contribution in [-0.2, 0) is 0 Å². The highest BCUT2D eigenvalue weighted by molar-refractivity contribution is 6.42. The molecule has 5 nitrogen and oxygen atoms in total. The van der Waals surface area contributed by atoms with Crippen molar-refractivity contribution in [2.24, 2.45) is 5.73 Å².